The SMILES string of the molecule is C#CC[C@H](OC(=O)NC(C)(C)C)C(N)=O. The van der Waals surface area contributed by atoms with E-state index in [2.05, 4.69) is 11.2 Å². The van der Waals surface area contributed by atoms with Crippen LogP contribution in [0.4, 0.5) is 4.79 Å². The molecule has 5 nitrogen and oxygen atoms in total. The highest BCUT2D eigenvalue weighted by Gasteiger charge is 2.22. The first-order valence-corrected chi connectivity index (χ1v) is 4.48. The van der Waals surface area contributed by atoms with Crippen LogP contribution in [0.1, 0.15) is 27.2 Å². The van der Waals surface area contributed by atoms with Gasteiger partial charge in [-0.2, -0.15) is 0 Å². The van der Waals surface area contributed by atoms with Crippen LogP contribution in [0.5, 0.6) is 0 Å². The van der Waals surface area contributed by atoms with Crippen molar-refractivity contribution in [2.24, 2.45) is 5.73 Å². The molecule has 2 amide bonds. The van der Waals surface area contributed by atoms with Crippen LogP contribution in [0.2, 0.25) is 0 Å². The van der Waals surface area contributed by atoms with Crippen molar-refractivity contribution in [2.45, 2.75) is 38.8 Å². The lowest BCUT2D eigenvalue weighted by Crippen LogP contribution is -2.44. The summed E-state index contributed by atoms with van der Waals surface area (Å²) in [4.78, 5) is 22.1. The maximum atomic E-state index is 11.2. The summed E-state index contributed by atoms with van der Waals surface area (Å²) in [6, 6.07) is 0. The maximum absolute atomic E-state index is 11.2. The van der Waals surface area contributed by atoms with Crippen LogP contribution in [0.15, 0.2) is 0 Å². The molecular formula is C10H16N2O3. The predicted octanol–water partition coefficient (Wildman–Crippen LogP) is 0.388. The largest absolute Gasteiger partial charge is 0.435 e. The molecule has 1 atom stereocenters. The lowest BCUT2D eigenvalue weighted by atomic mass is 10.1. The minimum atomic E-state index is -1.07. The zero-order valence-electron chi connectivity index (χ0n) is 9.16. The highest BCUT2D eigenvalue weighted by molar-refractivity contribution is 5.82. The molecule has 0 saturated carbocycles. The topological polar surface area (TPSA) is 81.4 Å². The molecular weight excluding hydrogens is 196 g/mol. The Morgan fingerprint density at radius 3 is 2.40 bits per heavy atom. The van der Waals surface area contributed by atoms with E-state index in [1.165, 1.54) is 0 Å². The number of carbonyl (C=O) groups excluding carboxylic acids is 2. The van der Waals surface area contributed by atoms with Crippen LogP contribution in [0.25, 0.3) is 0 Å². The monoisotopic (exact) mass is 212 g/mol. The number of alkyl carbamates (subject to hydrolysis) is 1. The van der Waals surface area contributed by atoms with Crippen LogP contribution in [0.3, 0.4) is 0 Å². The lowest BCUT2D eigenvalue weighted by Gasteiger charge is -2.21. The van der Waals surface area contributed by atoms with Gasteiger partial charge in [0.15, 0.2) is 6.10 Å². The second-order valence-electron chi connectivity index (χ2n) is 4.08. The molecule has 0 aliphatic heterocycles. The number of ether oxygens (including phenoxy) is 1. The summed E-state index contributed by atoms with van der Waals surface area (Å²) < 4.78 is 4.76. The number of primary amides is 1. The molecule has 0 aliphatic rings. The molecule has 0 aromatic rings. The van der Waals surface area contributed by atoms with Gasteiger partial charge in [-0.3, -0.25) is 4.79 Å². The van der Waals surface area contributed by atoms with E-state index in [1.807, 2.05) is 0 Å². The van der Waals surface area contributed by atoms with Crippen molar-refractivity contribution in [3.63, 3.8) is 0 Å². The van der Waals surface area contributed by atoms with Gasteiger partial charge in [-0.05, 0) is 20.8 Å². The van der Waals surface area contributed by atoms with Gasteiger partial charge >= 0.3 is 6.09 Å². The number of amides is 2. The van der Waals surface area contributed by atoms with Crippen LogP contribution in [-0.2, 0) is 9.53 Å². The number of nitrogens with two attached hydrogens (primary N) is 1. The molecule has 0 fully saturated rings. The van der Waals surface area contributed by atoms with Gasteiger partial charge < -0.3 is 15.8 Å². The van der Waals surface area contributed by atoms with Crippen LogP contribution >= 0.6 is 0 Å². The number of hydrogen-bond donors (Lipinski definition) is 2. The fraction of sp³-hybridized carbons (Fsp3) is 0.600. The van der Waals surface area contributed by atoms with Gasteiger partial charge in [0.2, 0.25) is 0 Å². The fourth-order valence-corrected chi connectivity index (χ4v) is 0.772. The summed E-state index contributed by atoms with van der Waals surface area (Å²) in [5.74, 6) is 1.46. The number of rotatable bonds is 3. The third-order valence-corrected chi connectivity index (χ3v) is 1.35. The molecule has 0 saturated heterocycles. The van der Waals surface area contributed by atoms with E-state index >= 15 is 0 Å². The Bertz CT molecular complexity index is 286. The van der Waals surface area contributed by atoms with Crippen LogP contribution in [0, 0.1) is 12.3 Å². The lowest BCUT2D eigenvalue weighted by molar-refractivity contribution is -0.126. The van der Waals surface area contributed by atoms with E-state index in [1.54, 1.807) is 20.8 Å². The van der Waals surface area contributed by atoms with Crippen molar-refractivity contribution in [1.29, 1.82) is 0 Å². The summed E-state index contributed by atoms with van der Waals surface area (Å²) in [7, 11) is 0. The van der Waals surface area contributed by atoms with Gasteiger partial charge in [0.25, 0.3) is 5.91 Å². The van der Waals surface area contributed by atoms with E-state index in [0.717, 1.165) is 0 Å². The minimum absolute atomic E-state index is 0.0209. The number of terminal acetylenes is 1. The second-order valence-corrected chi connectivity index (χ2v) is 4.08. The molecule has 3 N–H and O–H groups in total. The van der Waals surface area contributed by atoms with Crippen molar-refractivity contribution in [1.82, 2.24) is 5.32 Å². The standard InChI is InChI=1S/C10H16N2O3/c1-5-6-7(8(11)13)15-9(14)12-10(2,3)4/h1,7H,6H2,2-4H3,(H2,11,13)(H,12,14)/t7-/m0/s1. The van der Waals surface area contributed by atoms with Gasteiger partial charge in [0.1, 0.15) is 0 Å². The molecule has 0 unspecified atom stereocenters. The Hall–Kier alpha value is -1.70. The molecule has 15 heavy (non-hydrogen) atoms. The van der Waals surface area contributed by atoms with Crippen LogP contribution in [-0.4, -0.2) is 23.6 Å². The molecule has 5 heteroatoms. The highest BCUT2D eigenvalue weighted by atomic mass is 16.6. The Morgan fingerprint density at radius 1 is 1.53 bits per heavy atom. The van der Waals surface area contributed by atoms with Crippen molar-refractivity contribution in [3.05, 3.63) is 0 Å². The Morgan fingerprint density at radius 2 is 2.07 bits per heavy atom. The normalized spacial score (nSPS) is 12.4. The van der Waals surface area contributed by atoms with Gasteiger partial charge in [-0.15, -0.1) is 12.3 Å². The molecule has 0 aromatic heterocycles. The molecule has 0 rings (SSSR count). The zero-order valence-corrected chi connectivity index (χ0v) is 9.16. The summed E-state index contributed by atoms with van der Waals surface area (Å²) in [6.07, 6.45) is 3.20. The predicted molar refractivity (Wildman–Crippen MR) is 55.8 cm³/mol. The average molecular weight is 212 g/mol. The van der Waals surface area contributed by atoms with Crippen LogP contribution < -0.4 is 11.1 Å². The van der Waals surface area contributed by atoms with E-state index < -0.39 is 23.6 Å². The molecule has 0 radical (unpaired) electrons. The third kappa shape index (κ3) is 6.38. The van der Waals surface area contributed by atoms with E-state index in [4.69, 9.17) is 16.9 Å². The van der Waals surface area contributed by atoms with Crippen molar-refractivity contribution >= 4 is 12.0 Å². The van der Waals surface area contributed by atoms with E-state index in [9.17, 15) is 9.59 Å². The number of carbonyl (C=O) groups is 2. The van der Waals surface area contributed by atoms with Gasteiger partial charge in [0, 0.05) is 5.54 Å². The molecule has 0 bridgehead atoms. The summed E-state index contributed by atoms with van der Waals surface area (Å²) >= 11 is 0. The van der Waals surface area contributed by atoms with Crippen molar-refractivity contribution in [2.75, 3.05) is 0 Å². The summed E-state index contributed by atoms with van der Waals surface area (Å²) in [6.45, 7) is 5.36. The van der Waals surface area contributed by atoms with Gasteiger partial charge in [0.05, 0.1) is 6.42 Å². The van der Waals surface area contributed by atoms with Crippen molar-refractivity contribution in [3.8, 4) is 12.3 Å². The highest BCUT2D eigenvalue weighted by Crippen LogP contribution is 2.02. The quantitative estimate of drug-likeness (QED) is 0.664. The first-order valence-electron chi connectivity index (χ1n) is 4.48. The van der Waals surface area contributed by atoms with Crippen molar-refractivity contribution < 1.29 is 14.3 Å². The first-order chi connectivity index (χ1) is 6.76. The molecule has 0 aromatic carbocycles. The maximum Gasteiger partial charge on any atom is 0.408 e. The Labute approximate surface area is 89.3 Å². The summed E-state index contributed by atoms with van der Waals surface area (Å²) in [5.41, 5.74) is 4.56. The number of nitrogens with one attached hydrogen (secondary N) is 1. The minimum Gasteiger partial charge on any atom is -0.435 e. The molecule has 0 aliphatic carbocycles. The molecule has 84 valence electrons. The number of hydrogen-bond acceptors (Lipinski definition) is 3. The van der Waals surface area contributed by atoms with E-state index in [0.29, 0.717) is 0 Å². The fourth-order valence-electron chi connectivity index (χ4n) is 0.772. The first kappa shape index (κ1) is 13.3. The van der Waals surface area contributed by atoms with Gasteiger partial charge in [-0.25, -0.2) is 4.79 Å². The zero-order chi connectivity index (χ0) is 12.1. The average Bonchev–Trinajstić information content (AvgIpc) is 1.99. The Kier molecular flexibility index (Phi) is 4.65. The summed E-state index contributed by atoms with van der Waals surface area (Å²) in [5, 5.41) is 2.53. The van der Waals surface area contributed by atoms with E-state index in [-0.39, 0.29) is 6.42 Å². The Balaban J connectivity index is 4.25. The molecule has 0 spiro atoms. The third-order valence-electron chi connectivity index (χ3n) is 1.35. The van der Waals surface area contributed by atoms with Gasteiger partial charge in [-0.1, -0.05) is 0 Å². The second kappa shape index (κ2) is 5.25. The smallest absolute Gasteiger partial charge is 0.408 e. The molecule has 0 heterocycles.